The van der Waals surface area contributed by atoms with Crippen molar-refractivity contribution in [2.24, 2.45) is 0 Å². The van der Waals surface area contributed by atoms with Gasteiger partial charge in [-0.25, -0.2) is 0 Å². The topological polar surface area (TPSA) is 20.3 Å². The van der Waals surface area contributed by atoms with E-state index < -0.39 is 0 Å². The maximum absolute atomic E-state index is 12.4. The van der Waals surface area contributed by atoms with Gasteiger partial charge in [-0.3, -0.25) is 4.79 Å². The smallest absolute Gasteiger partial charge is 0.227 e. The molecule has 1 saturated heterocycles. The van der Waals surface area contributed by atoms with Gasteiger partial charge in [0, 0.05) is 13.1 Å². The van der Waals surface area contributed by atoms with Crippen LogP contribution < -0.4 is 0 Å². The van der Waals surface area contributed by atoms with E-state index in [4.69, 9.17) is 11.6 Å². The van der Waals surface area contributed by atoms with E-state index in [0.717, 1.165) is 24.9 Å². The van der Waals surface area contributed by atoms with Crippen LogP contribution in [0.25, 0.3) is 10.8 Å². The van der Waals surface area contributed by atoms with Gasteiger partial charge < -0.3 is 4.90 Å². The second-order valence-corrected chi connectivity index (χ2v) is 6.01. The zero-order valence-electron chi connectivity index (χ0n) is 11.4. The molecule has 0 radical (unpaired) electrons. The number of alkyl halides is 1. The van der Waals surface area contributed by atoms with Crippen LogP contribution in [0, 0.1) is 0 Å². The van der Waals surface area contributed by atoms with Crippen molar-refractivity contribution < 1.29 is 4.79 Å². The molecule has 2 aromatic carbocycles. The number of nitrogens with zero attached hydrogens (tertiary/aromatic N) is 1. The Kier molecular flexibility index (Phi) is 3.93. The van der Waals surface area contributed by atoms with Crippen LogP contribution in [-0.2, 0) is 11.2 Å². The summed E-state index contributed by atoms with van der Waals surface area (Å²) in [6.45, 7) is 1.53. The molecule has 1 aliphatic rings. The first-order chi connectivity index (χ1) is 9.74. The third kappa shape index (κ3) is 2.80. The molecule has 1 amide bonds. The minimum absolute atomic E-state index is 0.111. The quantitative estimate of drug-likeness (QED) is 0.773. The number of carbonyl (C=O) groups excluding carboxylic acids is 1. The van der Waals surface area contributed by atoms with Crippen LogP contribution in [0.1, 0.15) is 18.4 Å². The Balaban J connectivity index is 1.80. The summed E-state index contributed by atoms with van der Waals surface area (Å²) in [5.74, 6) is 0.187. The van der Waals surface area contributed by atoms with Crippen LogP contribution in [0.2, 0.25) is 0 Å². The molecule has 2 nitrogen and oxygen atoms in total. The molecule has 1 heterocycles. The lowest BCUT2D eigenvalue weighted by Gasteiger charge is -2.30. The Morgan fingerprint density at radius 1 is 1.20 bits per heavy atom. The molecule has 0 bridgehead atoms. The maximum atomic E-state index is 12.4. The average molecular weight is 288 g/mol. The Morgan fingerprint density at radius 3 is 2.85 bits per heavy atom. The van der Waals surface area contributed by atoms with E-state index in [1.807, 2.05) is 29.2 Å². The molecule has 0 N–H and O–H groups in total. The van der Waals surface area contributed by atoms with E-state index in [2.05, 4.69) is 18.2 Å². The zero-order chi connectivity index (χ0) is 13.9. The monoisotopic (exact) mass is 287 g/mol. The molecule has 3 rings (SSSR count). The first-order valence-corrected chi connectivity index (χ1v) is 7.56. The number of likely N-dealkylation sites (tertiary alicyclic amines) is 1. The summed E-state index contributed by atoms with van der Waals surface area (Å²) in [7, 11) is 0. The Morgan fingerprint density at radius 2 is 2.00 bits per heavy atom. The summed E-state index contributed by atoms with van der Waals surface area (Å²) in [6.07, 6.45) is 2.49. The van der Waals surface area contributed by atoms with Gasteiger partial charge in [-0.15, -0.1) is 11.6 Å². The van der Waals surface area contributed by atoms with Crippen LogP contribution in [0.5, 0.6) is 0 Å². The second-order valence-electron chi connectivity index (χ2n) is 5.39. The normalized spacial score (nSPS) is 19.2. The molecule has 3 heteroatoms. The van der Waals surface area contributed by atoms with Gasteiger partial charge in [0.05, 0.1) is 11.8 Å². The third-order valence-corrected chi connectivity index (χ3v) is 4.29. The number of piperidine rings is 1. The Labute approximate surface area is 124 Å². The molecule has 0 aromatic heterocycles. The number of carbonyl (C=O) groups is 1. The minimum Gasteiger partial charge on any atom is -0.341 e. The Hall–Kier alpha value is -1.54. The lowest BCUT2D eigenvalue weighted by atomic mass is 10.0. The van der Waals surface area contributed by atoms with Crippen molar-refractivity contribution in [2.75, 3.05) is 13.1 Å². The van der Waals surface area contributed by atoms with Gasteiger partial charge >= 0.3 is 0 Å². The molecule has 0 saturated carbocycles. The van der Waals surface area contributed by atoms with Crippen LogP contribution >= 0.6 is 11.6 Å². The number of halogens is 1. The number of amides is 1. The van der Waals surface area contributed by atoms with Gasteiger partial charge in [-0.05, 0) is 29.2 Å². The predicted molar refractivity (Wildman–Crippen MR) is 83.1 cm³/mol. The van der Waals surface area contributed by atoms with Crippen molar-refractivity contribution in [1.29, 1.82) is 0 Å². The summed E-state index contributed by atoms with van der Waals surface area (Å²) in [6, 6.07) is 14.4. The molecule has 1 atom stereocenters. The highest BCUT2D eigenvalue weighted by molar-refractivity contribution is 6.20. The zero-order valence-corrected chi connectivity index (χ0v) is 12.1. The van der Waals surface area contributed by atoms with Crippen LogP contribution in [0.4, 0.5) is 0 Å². The highest BCUT2D eigenvalue weighted by Gasteiger charge is 2.22. The molecule has 1 unspecified atom stereocenters. The van der Waals surface area contributed by atoms with E-state index in [1.54, 1.807) is 0 Å². The van der Waals surface area contributed by atoms with Crippen molar-refractivity contribution >= 4 is 28.3 Å². The molecule has 104 valence electrons. The lowest BCUT2D eigenvalue weighted by molar-refractivity contribution is -0.131. The molecule has 2 aromatic rings. The fourth-order valence-corrected chi connectivity index (χ4v) is 3.19. The molecule has 1 aliphatic heterocycles. The fraction of sp³-hybridized carbons (Fsp3) is 0.353. The van der Waals surface area contributed by atoms with Gasteiger partial charge in [0.1, 0.15) is 0 Å². The van der Waals surface area contributed by atoms with Crippen LogP contribution in [0.3, 0.4) is 0 Å². The van der Waals surface area contributed by atoms with E-state index in [-0.39, 0.29) is 11.3 Å². The van der Waals surface area contributed by atoms with Crippen molar-refractivity contribution in [3.63, 3.8) is 0 Å². The third-order valence-electron chi connectivity index (χ3n) is 3.94. The Bertz CT molecular complexity index is 620. The molecule has 1 fully saturated rings. The summed E-state index contributed by atoms with van der Waals surface area (Å²) in [5.41, 5.74) is 1.10. The molecule has 0 spiro atoms. The first kappa shape index (κ1) is 13.4. The standard InChI is InChI=1S/C17H18ClNO/c18-15-8-4-10-19(12-15)17(20)11-14-7-3-6-13-5-1-2-9-16(13)14/h1-3,5-7,9,15H,4,8,10-12H2. The largest absolute Gasteiger partial charge is 0.341 e. The van der Waals surface area contributed by atoms with Gasteiger partial charge in [0.15, 0.2) is 0 Å². The summed E-state index contributed by atoms with van der Waals surface area (Å²) >= 11 is 6.16. The molecular weight excluding hydrogens is 270 g/mol. The number of hydrogen-bond donors (Lipinski definition) is 0. The number of fused-ring (bicyclic) bond motifs is 1. The van der Waals surface area contributed by atoms with Gasteiger partial charge in [0.2, 0.25) is 5.91 Å². The van der Waals surface area contributed by atoms with Crippen LogP contribution in [-0.4, -0.2) is 29.3 Å². The maximum Gasteiger partial charge on any atom is 0.227 e. The number of benzene rings is 2. The predicted octanol–water partition coefficient (Wildman–Crippen LogP) is 3.61. The van der Waals surface area contributed by atoms with E-state index >= 15 is 0 Å². The van der Waals surface area contributed by atoms with Crippen molar-refractivity contribution in [3.05, 3.63) is 48.0 Å². The molecule has 20 heavy (non-hydrogen) atoms. The summed E-state index contributed by atoms with van der Waals surface area (Å²) in [4.78, 5) is 14.3. The highest BCUT2D eigenvalue weighted by atomic mass is 35.5. The molecule has 0 aliphatic carbocycles. The van der Waals surface area contributed by atoms with Crippen LogP contribution in [0.15, 0.2) is 42.5 Å². The SMILES string of the molecule is O=C(Cc1cccc2ccccc12)N1CCCC(Cl)C1. The number of hydrogen-bond acceptors (Lipinski definition) is 1. The van der Waals surface area contributed by atoms with E-state index in [1.165, 1.54) is 10.8 Å². The molecular formula is C17H18ClNO. The van der Waals surface area contributed by atoms with Gasteiger partial charge in [0.25, 0.3) is 0 Å². The number of rotatable bonds is 2. The first-order valence-electron chi connectivity index (χ1n) is 7.12. The van der Waals surface area contributed by atoms with Gasteiger partial charge in [-0.2, -0.15) is 0 Å². The van der Waals surface area contributed by atoms with Crippen molar-refractivity contribution in [3.8, 4) is 0 Å². The van der Waals surface area contributed by atoms with Crippen molar-refractivity contribution in [1.82, 2.24) is 4.90 Å². The lowest BCUT2D eigenvalue weighted by Crippen LogP contribution is -2.41. The second kappa shape index (κ2) is 5.84. The average Bonchev–Trinajstić information content (AvgIpc) is 2.47. The summed E-state index contributed by atoms with van der Waals surface area (Å²) in [5, 5.41) is 2.47. The minimum atomic E-state index is 0.111. The van der Waals surface area contributed by atoms with Gasteiger partial charge in [-0.1, -0.05) is 42.5 Å². The van der Waals surface area contributed by atoms with Crippen molar-refractivity contribution in [2.45, 2.75) is 24.6 Å². The van der Waals surface area contributed by atoms with E-state index in [0.29, 0.717) is 13.0 Å². The fourth-order valence-electron chi connectivity index (χ4n) is 2.87. The highest BCUT2D eigenvalue weighted by Crippen LogP contribution is 2.21. The van der Waals surface area contributed by atoms with E-state index in [9.17, 15) is 4.79 Å². The summed E-state index contributed by atoms with van der Waals surface area (Å²) < 4.78 is 0.